The Bertz CT molecular complexity index is 402. The van der Waals surface area contributed by atoms with E-state index >= 15 is 0 Å². The number of carbonyl (C=O) groups is 3. The van der Waals surface area contributed by atoms with Gasteiger partial charge in [-0.15, -0.1) is 0 Å². The molecule has 0 bridgehead atoms. The van der Waals surface area contributed by atoms with Crippen molar-refractivity contribution in [2.24, 2.45) is 11.7 Å². The fourth-order valence-electron chi connectivity index (χ4n) is 1.74. The number of rotatable bonds is 5. The highest BCUT2D eigenvalue weighted by Crippen LogP contribution is 2.09. The van der Waals surface area contributed by atoms with E-state index in [4.69, 9.17) is 11.0 Å². The van der Waals surface area contributed by atoms with Gasteiger partial charge in [0.05, 0.1) is 6.07 Å². The Balaban J connectivity index is 2.56. The Labute approximate surface area is 105 Å². The van der Waals surface area contributed by atoms with E-state index < -0.39 is 23.9 Å². The van der Waals surface area contributed by atoms with Gasteiger partial charge in [0, 0.05) is 12.3 Å². The molecule has 0 aromatic rings. The molecule has 1 rings (SSSR count). The van der Waals surface area contributed by atoms with Crippen LogP contribution in [0.25, 0.3) is 0 Å². The van der Waals surface area contributed by atoms with Crippen LogP contribution in [0, 0.1) is 17.2 Å². The third kappa shape index (κ3) is 3.73. The molecular formula is C11H16N4O3. The summed E-state index contributed by atoms with van der Waals surface area (Å²) in [6.45, 7) is 1.64. The predicted molar refractivity (Wildman–Crippen MR) is 61.7 cm³/mol. The highest BCUT2D eigenvalue weighted by atomic mass is 16.2. The third-order valence-corrected chi connectivity index (χ3v) is 2.78. The molecule has 3 amide bonds. The quantitative estimate of drug-likeness (QED) is 0.567. The van der Waals surface area contributed by atoms with Crippen molar-refractivity contribution >= 4 is 17.7 Å². The number of nitrogens with zero attached hydrogens (tertiary/aromatic N) is 1. The molecule has 1 aliphatic heterocycles. The summed E-state index contributed by atoms with van der Waals surface area (Å²) in [7, 11) is 0. The van der Waals surface area contributed by atoms with Gasteiger partial charge in [0.2, 0.25) is 17.7 Å². The Hall–Kier alpha value is -2.10. The summed E-state index contributed by atoms with van der Waals surface area (Å²) < 4.78 is 0. The number of nitrogens with one attached hydrogen (secondary N) is 2. The minimum Gasteiger partial charge on any atom is -0.368 e. The van der Waals surface area contributed by atoms with Crippen LogP contribution in [-0.2, 0) is 14.4 Å². The van der Waals surface area contributed by atoms with Crippen molar-refractivity contribution in [3.05, 3.63) is 0 Å². The third-order valence-electron chi connectivity index (χ3n) is 2.78. The molecule has 1 saturated heterocycles. The monoisotopic (exact) mass is 252 g/mol. The second-order valence-corrected chi connectivity index (χ2v) is 4.39. The smallest absolute Gasteiger partial charge is 0.243 e. The highest BCUT2D eigenvalue weighted by Gasteiger charge is 2.30. The van der Waals surface area contributed by atoms with Gasteiger partial charge in [-0.25, -0.2) is 0 Å². The van der Waals surface area contributed by atoms with E-state index in [0.29, 0.717) is 12.8 Å². The van der Waals surface area contributed by atoms with Crippen molar-refractivity contribution in [2.45, 2.75) is 38.3 Å². The summed E-state index contributed by atoms with van der Waals surface area (Å²) in [4.78, 5) is 33.9. The van der Waals surface area contributed by atoms with E-state index in [1.165, 1.54) is 0 Å². The van der Waals surface area contributed by atoms with Crippen molar-refractivity contribution < 1.29 is 14.4 Å². The van der Waals surface area contributed by atoms with Crippen molar-refractivity contribution in [3.63, 3.8) is 0 Å². The van der Waals surface area contributed by atoms with Gasteiger partial charge < -0.3 is 16.4 Å². The zero-order valence-electron chi connectivity index (χ0n) is 10.1. The lowest BCUT2D eigenvalue weighted by molar-refractivity contribution is -0.129. The van der Waals surface area contributed by atoms with Crippen LogP contribution in [0.5, 0.6) is 0 Å². The standard InChI is InChI=1S/C11H16N4O3/c1-6(5-12)4-8(10(13)17)15-11(18)7-2-3-9(16)14-7/h6-8H,2-4H2,1H3,(H2,13,17)(H,14,16)(H,15,18)/t6-,7-,8-/m1/s1. The fourth-order valence-corrected chi connectivity index (χ4v) is 1.74. The molecule has 0 spiro atoms. The van der Waals surface area contributed by atoms with Gasteiger partial charge in [-0.1, -0.05) is 0 Å². The van der Waals surface area contributed by atoms with E-state index in [0.717, 1.165) is 0 Å². The molecule has 4 N–H and O–H groups in total. The normalized spacial score (nSPS) is 21.6. The SMILES string of the molecule is C[C@@H](C#N)C[C@@H](NC(=O)[C@H]1CCC(=O)N1)C(N)=O. The van der Waals surface area contributed by atoms with E-state index in [9.17, 15) is 14.4 Å². The zero-order valence-corrected chi connectivity index (χ0v) is 10.1. The van der Waals surface area contributed by atoms with Gasteiger partial charge >= 0.3 is 0 Å². The predicted octanol–water partition coefficient (Wildman–Crippen LogP) is -1.22. The molecule has 7 nitrogen and oxygen atoms in total. The van der Waals surface area contributed by atoms with Crippen molar-refractivity contribution in [1.29, 1.82) is 5.26 Å². The number of hydrogen-bond acceptors (Lipinski definition) is 4. The van der Waals surface area contributed by atoms with E-state index in [1.807, 2.05) is 6.07 Å². The minimum absolute atomic E-state index is 0.165. The maximum absolute atomic E-state index is 11.8. The largest absolute Gasteiger partial charge is 0.368 e. The average Bonchev–Trinajstić information content (AvgIpc) is 2.74. The Morgan fingerprint density at radius 3 is 2.78 bits per heavy atom. The molecule has 0 aromatic carbocycles. The van der Waals surface area contributed by atoms with Crippen LogP contribution < -0.4 is 16.4 Å². The molecule has 1 aliphatic rings. The summed E-state index contributed by atoms with van der Waals surface area (Å²) in [5, 5.41) is 13.6. The Morgan fingerprint density at radius 1 is 1.67 bits per heavy atom. The van der Waals surface area contributed by atoms with Crippen LogP contribution in [0.4, 0.5) is 0 Å². The van der Waals surface area contributed by atoms with E-state index in [-0.39, 0.29) is 18.2 Å². The number of hydrogen-bond donors (Lipinski definition) is 3. The summed E-state index contributed by atoms with van der Waals surface area (Å²) in [5.41, 5.74) is 5.16. The Kier molecular flexibility index (Phi) is 4.66. The van der Waals surface area contributed by atoms with Gasteiger partial charge in [-0.3, -0.25) is 14.4 Å². The first-order chi connectivity index (χ1) is 8.43. The summed E-state index contributed by atoms with van der Waals surface area (Å²) in [5.74, 6) is -1.69. The molecule has 0 unspecified atom stereocenters. The molecule has 0 aromatic heterocycles. The van der Waals surface area contributed by atoms with Crippen LogP contribution in [-0.4, -0.2) is 29.8 Å². The fraction of sp³-hybridized carbons (Fsp3) is 0.636. The highest BCUT2D eigenvalue weighted by molar-refractivity contribution is 5.93. The molecule has 1 fully saturated rings. The maximum Gasteiger partial charge on any atom is 0.243 e. The second-order valence-electron chi connectivity index (χ2n) is 4.39. The molecular weight excluding hydrogens is 236 g/mol. The second kappa shape index (κ2) is 6.00. The number of carbonyl (C=O) groups excluding carboxylic acids is 3. The first-order valence-electron chi connectivity index (χ1n) is 5.72. The Morgan fingerprint density at radius 2 is 2.33 bits per heavy atom. The molecule has 1 heterocycles. The van der Waals surface area contributed by atoms with Crippen LogP contribution in [0.3, 0.4) is 0 Å². The number of nitrogens with two attached hydrogens (primary N) is 1. The van der Waals surface area contributed by atoms with E-state index in [1.54, 1.807) is 6.92 Å². The van der Waals surface area contributed by atoms with Gasteiger partial charge in [-0.05, 0) is 19.8 Å². The number of amides is 3. The lowest BCUT2D eigenvalue weighted by atomic mass is 10.0. The van der Waals surface area contributed by atoms with Gasteiger partial charge in [0.15, 0.2) is 0 Å². The van der Waals surface area contributed by atoms with Gasteiger partial charge in [0.25, 0.3) is 0 Å². The molecule has 98 valence electrons. The first kappa shape index (κ1) is 14.0. The van der Waals surface area contributed by atoms with Crippen LogP contribution in [0.2, 0.25) is 0 Å². The van der Waals surface area contributed by atoms with Crippen LogP contribution in [0.1, 0.15) is 26.2 Å². The molecule has 0 saturated carbocycles. The topological polar surface area (TPSA) is 125 Å². The number of nitriles is 1. The summed E-state index contributed by atoms with van der Waals surface area (Å²) >= 11 is 0. The molecule has 18 heavy (non-hydrogen) atoms. The molecule has 0 radical (unpaired) electrons. The van der Waals surface area contributed by atoms with E-state index in [2.05, 4.69) is 10.6 Å². The minimum atomic E-state index is -0.885. The van der Waals surface area contributed by atoms with Crippen LogP contribution >= 0.6 is 0 Å². The first-order valence-corrected chi connectivity index (χ1v) is 5.72. The maximum atomic E-state index is 11.8. The zero-order chi connectivity index (χ0) is 13.7. The van der Waals surface area contributed by atoms with Crippen molar-refractivity contribution in [1.82, 2.24) is 10.6 Å². The van der Waals surface area contributed by atoms with Gasteiger partial charge in [0.1, 0.15) is 12.1 Å². The molecule has 3 atom stereocenters. The number of primary amides is 1. The van der Waals surface area contributed by atoms with Crippen molar-refractivity contribution in [3.8, 4) is 6.07 Å². The van der Waals surface area contributed by atoms with Crippen LogP contribution in [0.15, 0.2) is 0 Å². The van der Waals surface area contributed by atoms with Gasteiger partial charge in [-0.2, -0.15) is 5.26 Å². The summed E-state index contributed by atoms with van der Waals surface area (Å²) in [6, 6.07) is 0.473. The summed E-state index contributed by atoms with van der Waals surface area (Å²) in [6.07, 6.45) is 0.871. The molecule has 7 heteroatoms. The average molecular weight is 252 g/mol. The molecule has 0 aliphatic carbocycles. The van der Waals surface area contributed by atoms with Crippen molar-refractivity contribution in [2.75, 3.05) is 0 Å². The lowest BCUT2D eigenvalue weighted by Gasteiger charge is -2.18. The lowest BCUT2D eigenvalue weighted by Crippen LogP contribution is -2.51.